The Kier molecular flexibility index (Phi) is 3.52. The standard InChI is InChI=1S/C12H17BrN2O/c1-15(7-12(6-14)8-16-9-12)11-4-2-10(13)3-5-11/h2-5H,6-9,14H2,1H3. The zero-order chi connectivity index (χ0) is 11.6. The molecule has 0 aromatic heterocycles. The van der Waals surface area contributed by atoms with Gasteiger partial charge in [-0.1, -0.05) is 15.9 Å². The summed E-state index contributed by atoms with van der Waals surface area (Å²) in [6.45, 7) is 3.20. The topological polar surface area (TPSA) is 38.5 Å². The van der Waals surface area contributed by atoms with Gasteiger partial charge in [-0.2, -0.15) is 0 Å². The lowest BCUT2D eigenvalue weighted by Gasteiger charge is -2.43. The predicted octanol–water partition coefficient (Wildman–Crippen LogP) is 1.86. The highest BCUT2D eigenvalue weighted by atomic mass is 79.9. The van der Waals surface area contributed by atoms with Gasteiger partial charge in [0.15, 0.2) is 0 Å². The molecule has 2 N–H and O–H groups in total. The largest absolute Gasteiger partial charge is 0.380 e. The van der Waals surface area contributed by atoms with Crippen molar-refractivity contribution in [3.05, 3.63) is 28.7 Å². The summed E-state index contributed by atoms with van der Waals surface area (Å²) in [4.78, 5) is 2.24. The number of hydrogen-bond donors (Lipinski definition) is 1. The average molecular weight is 285 g/mol. The molecule has 0 spiro atoms. The Labute approximate surface area is 105 Å². The number of rotatable bonds is 4. The molecule has 0 aliphatic carbocycles. The van der Waals surface area contributed by atoms with Gasteiger partial charge < -0.3 is 15.4 Å². The molecule has 1 aromatic rings. The molecule has 1 saturated heterocycles. The van der Waals surface area contributed by atoms with Crippen LogP contribution in [-0.2, 0) is 4.74 Å². The fourth-order valence-electron chi connectivity index (χ4n) is 1.95. The third-order valence-electron chi connectivity index (χ3n) is 3.09. The van der Waals surface area contributed by atoms with Crippen LogP contribution in [0.15, 0.2) is 28.7 Å². The van der Waals surface area contributed by atoms with Crippen molar-refractivity contribution < 1.29 is 4.74 Å². The zero-order valence-corrected chi connectivity index (χ0v) is 11.0. The van der Waals surface area contributed by atoms with E-state index in [1.807, 2.05) is 0 Å². The van der Waals surface area contributed by atoms with Crippen molar-refractivity contribution in [2.75, 3.05) is 38.3 Å². The van der Waals surface area contributed by atoms with E-state index in [-0.39, 0.29) is 5.41 Å². The van der Waals surface area contributed by atoms with Gasteiger partial charge in [-0.15, -0.1) is 0 Å². The van der Waals surface area contributed by atoms with Gasteiger partial charge in [0.25, 0.3) is 0 Å². The van der Waals surface area contributed by atoms with Crippen LogP contribution in [0.5, 0.6) is 0 Å². The Morgan fingerprint density at radius 3 is 2.44 bits per heavy atom. The van der Waals surface area contributed by atoms with E-state index in [9.17, 15) is 0 Å². The minimum atomic E-state index is 0.155. The van der Waals surface area contributed by atoms with E-state index in [0.717, 1.165) is 24.2 Å². The molecule has 0 saturated carbocycles. The van der Waals surface area contributed by atoms with E-state index in [4.69, 9.17) is 10.5 Å². The third-order valence-corrected chi connectivity index (χ3v) is 3.62. The minimum absolute atomic E-state index is 0.155. The summed E-state index contributed by atoms with van der Waals surface area (Å²) in [5, 5.41) is 0. The lowest BCUT2D eigenvalue weighted by molar-refractivity contribution is -0.101. The van der Waals surface area contributed by atoms with Crippen LogP contribution in [0.3, 0.4) is 0 Å². The summed E-state index contributed by atoms with van der Waals surface area (Å²) in [6.07, 6.45) is 0. The summed E-state index contributed by atoms with van der Waals surface area (Å²) >= 11 is 3.44. The van der Waals surface area contributed by atoms with Crippen molar-refractivity contribution in [3.63, 3.8) is 0 Å². The molecule has 3 nitrogen and oxygen atoms in total. The van der Waals surface area contributed by atoms with Crippen LogP contribution < -0.4 is 10.6 Å². The molecule has 1 heterocycles. The maximum atomic E-state index is 5.81. The first-order valence-corrected chi connectivity index (χ1v) is 6.19. The van der Waals surface area contributed by atoms with E-state index in [2.05, 4.69) is 52.1 Å². The average Bonchev–Trinajstić information content (AvgIpc) is 2.24. The summed E-state index contributed by atoms with van der Waals surface area (Å²) in [7, 11) is 2.10. The summed E-state index contributed by atoms with van der Waals surface area (Å²) in [5.41, 5.74) is 7.17. The molecule has 0 radical (unpaired) electrons. The molecule has 0 bridgehead atoms. The second-order valence-corrected chi connectivity index (χ2v) is 5.45. The van der Waals surface area contributed by atoms with Crippen LogP contribution in [0.25, 0.3) is 0 Å². The lowest BCUT2D eigenvalue weighted by atomic mass is 9.85. The van der Waals surface area contributed by atoms with E-state index < -0.39 is 0 Å². The van der Waals surface area contributed by atoms with Gasteiger partial charge >= 0.3 is 0 Å². The first kappa shape index (κ1) is 11.9. The van der Waals surface area contributed by atoms with Crippen molar-refractivity contribution in [3.8, 4) is 0 Å². The number of anilines is 1. The molecule has 88 valence electrons. The lowest BCUT2D eigenvalue weighted by Crippen LogP contribution is -2.54. The van der Waals surface area contributed by atoms with E-state index in [1.165, 1.54) is 5.69 Å². The second kappa shape index (κ2) is 4.73. The Hall–Kier alpha value is -0.580. The van der Waals surface area contributed by atoms with Crippen molar-refractivity contribution in [1.82, 2.24) is 0 Å². The summed E-state index contributed by atoms with van der Waals surface area (Å²) in [5.74, 6) is 0. The normalized spacial score (nSPS) is 17.9. The molecule has 4 heteroatoms. The maximum absolute atomic E-state index is 5.81. The van der Waals surface area contributed by atoms with Gasteiger partial charge in [-0.25, -0.2) is 0 Å². The molecular formula is C12H17BrN2O. The number of ether oxygens (including phenoxy) is 1. The molecule has 0 unspecified atom stereocenters. The van der Waals surface area contributed by atoms with Gasteiger partial charge in [-0.05, 0) is 24.3 Å². The Morgan fingerprint density at radius 1 is 1.38 bits per heavy atom. The number of nitrogens with zero attached hydrogens (tertiary/aromatic N) is 1. The Balaban J connectivity index is 2.02. The molecular weight excluding hydrogens is 268 g/mol. The SMILES string of the molecule is CN(CC1(CN)COC1)c1ccc(Br)cc1. The fourth-order valence-corrected chi connectivity index (χ4v) is 2.22. The van der Waals surface area contributed by atoms with E-state index >= 15 is 0 Å². The van der Waals surface area contributed by atoms with Crippen molar-refractivity contribution in [2.24, 2.45) is 11.1 Å². The van der Waals surface area contributed by atoms with Crippen LogP contribution in [0.4, 0.5) is 5.69 Å². The first-order chi connectivity index (χ1) is 7.65. The van der Waals surface area contributed by atoms with Gasteiger partial charge in [0.1, 0.15) is 0 Å². The van der Waals surface area contributed by atoms with E-state index in [1.54, 1.807) is 0 Å². The molecule has 2 rings (SSSR count). The Morgan fingerprint density at radius 2 is 2.00 bits per heavy atom. The number of halogens is 1. The molecule has 1 fully saturated rings. The quantitative estimate of drug-likeness (QED) is 0.917. The minimum Gasteiger partial charge on any atom is -0.380 e. The van der Waals surface area contributed by atoms with Crippen LogP contribution in [0.2, 0.25) is 0 Å². The highest BCUT2D eigenvalue weighted by Crippen LogP contribution is 2.29. The van der Waals surface area contributed by atoms with Gasteiger partial charge in [0.2, 0.25) is 0 Å². The van der Waals surface area contributed by atoms with Crippen molar-refractivity contribution >= 4 is 21.6 Å². The monoisotopic (exact) mass is 284 g/mol. The van der Waals surface area contributed by atoms with Gasteiger partial charge in [-0.3, -0.25) is 0 Å². The molecule has 16 heavy (non-hydrogen) atoms. The summed E-state index contributed by atoms with van der Waals surface area (Å²) < 4.78 is 6.37. The van der Waals surface area contributed by atoms with Gasteiger partial charge in [0, 0.05) is 35.7 Å². The first-order valence-electron chi connectivity index (χ1n) is 5.40. The fraction of sp³-hybridized carbons (Fsp3) is 0.500. The highest BCUT2D eigenvalue weighted by Gasteiger charge is 2.38. The Bertz CT molecular complexity index is 343. The highest BCUT2D eigenvalue weighted by molar-refractivity contribution is 9.10. The zero-order valence-electron chi connectivity index (χ0n) is 9.45. The summed E-state index contributed by atoms with van der Waals surface area (Å²) in [6, 6.07) is 8.32. The van der Waals surface area contributed by atoms with E-state index in [0.29, 0.717) is 6.54 Å². The maximum Gasteiger partial charge on any atom is 0.0574 e. The number of nitrogens with two attached hydrogens (primary N) is 1. The number of hydrogen-bond acceptors (Lipinski definition) is 3. The van der Waals surface area contributed by atoms with Crippen molar-refractivity contribution in [1.29, 1.82) is 0 Å². The number of benzene rings is 1. The van der Waals surface area contributed by atoms with Crippen LogP contribution >= 0.6 is 15.9 Å². The van der Waals surface area contributed by atoms with Crippen LogP contribution in [0, 0.1) is 5.41 Å². The smallest absolute Gasteiger partial charge is 0.0574 e. The van der Waals surface area contributed by atoms with Crippen LogP contribution in [0.1, 0.15) is 0 Å². The molecule has 0 amide bonds. The van der Waals surface area contributed by atoms with Gasteiger partial charge in [0.05, 0.1) is 13.2 Å². The molecule has 1 aliphatic rings. The predicted molar refractivity (Wildman–Crippen MR) is 69.7 cm³/mol. The third kappa shape index (κ3) is 2.39. The second-order valence-electron chi connectivity index (χ2n) is 4.53. The van der Waals surface area contributed by atoms with Crippen molar-refractivity contribution in [2.45, 2.75) is 0 Å². The molecule has 1 aromatic carbocycles. The molecule has 0 atom stereocenters. The molecule has 1 aliphatic heterocycles. The van der Waals surface area contributed by atoms with Crippen LogP contribution in [-0.4, -0.2) is 33.4 Å².